The lowest BCUT2D eigenvalue weighted by atomic mass is 9.90. The van der Waals surface area contributed by atoms with Gasteiger partial charge in [-0.3, -0.25) is 4.90 Å². The van der Waals surface area contributed by atoms with Gasteiger partial charge in [0.15, 0.2) is 0 Å². The van der Waals surface area contributed by atoms with Gasteiger partial charge in [-0.25, -0.2) is 4.79 Å². The molecular formula is C17H27NO2S. The standard InChI is InChI=1S/C17H27NO2S/c1-17(2,3)18(13-8-6-5-7-9-13)12-14-10-11-15(21-14)16(19)20-4/h10-11,13H,5-9,12H2,1-4H3. The quantitative estimate of drug-likeness (QED) is 0.769. The Hall–Kier alpha value is -0.870. The normalized spacial score (nSPS) is 17.2. The molecule has 1 fully saturated rings. The highest BCUT2D eigenvalue weighted by Gasteiger charge is 2.30. The summed E-state index contributed by atoms with van der Waals surface area (Å²) in [7, 11) is 1.44. The summed E-state index contributed by atoms with van der Waals surface area (Å²) < 4.78 is 4.80. The number of hydrogen-bond donors (Lipinski definition) is 0. The molecule has 0 unspecified atom stereocenters. The first-order valence-corrected chi connectivity index (χ1v) is 8.67. The average Bonchev–Trinajstić information content (AvgIpc) is 2.92. The van der Waals surface area contributed by atoms with Crippen LogP contribution in [0.4, 0.5) is 0 Å². The van der Waals surface area contributed by atoms with E-state index in [4.69, 9.17) is 4.74 Å². The Kier molecular flexibility index (Phi) is 5.44. The molecule has 0 spiro atoms. The first-order valence-electron chi connectivity index (χ1n) is 7.85. The molecule has 21 heavy (non-hydrogen) atoms. The Labute approximate surface area is 132 Å². The van der Waals surface area contributed by atoms with E-state index in [1.54, 1.807) is 11.3 Å². The van der Waals surface area contributed by atoms with Crippen molar-refractivity contribution in [1.29, 1.82) is 0 Å². The monoisotopic (exact) mass is 309 g/mol. The van der Waals surface area contributed by atoms with Gasteiger partial charge in [-0.2, -0.15) is 0 Å². The summed E-state index contributed by atoms with van der Waals surface area (Å²) in [5.74, 6) is -0.230. The number of rotatable bonds is 4. The van der Waals surface area contributed by atoms with Crippen molar-refractivity contribution in [3.05, 3.63) is 21.9 Å². The third kappa shape index (κ3) is 4.30. The predicted molar refractivity (Wildman–Crippen MR) is 87.8 cm³/mol. The van der Waals surface area contributed by atoms with Crippen molar-refractivity contribution < 1.29 is 9.53 Å². The van der Waals surface area contributed by atoms with Crippen LogP contribution < -0.4 is 0 Å². The van der Waals surface area contributed by atoms with Gasteiger partial charge in [0.05, 0.1) is 7.11 Å². The second-order valence-electron chi connectivity index (χ2n) is 6.85. The zero-order valence-electron chi connectivity index (χ0n) is 13.6. The molecule has 1 saturated carbocycles. The molecule has 4 heteroatoms. The van der Waals surface area contributed by atoms with Crippen LogP contribution in [0.2, 0.25) is 0 Å². The van der Waals surface area contributed by atoms with Gasteiger partial charge < -0.3 is 4.74 Å². The van der Waals surface area contributed by atoms with E-state index in [-0.39, 0.29) is 11.5 Å². The molecular weight excluding hydrogens is 282 g/mol. The van der Waals surface area contributed by atoms with Crippen molar-refractivity contribution in [2.45, 2.75) is 71.0 Å². The summed E-state index contributed by atoms with van der Waals surface area (Å²) in [6, 6.07) is 4.62. The van der Waals surface area contributed by atoms with Gasteiger partial charge >= 0.3 is 5.97 Å². The minimum absolute atomic E-state index is 0.150. The van der Waals surface area contributed by atoms with Crippen molar-refractivity contribution in [3.8, 4) is 0 Å². The first kappa shape index (κ1) is 16.5. The topological polar surface area (TPSA) is 29.5 Å². The summed E-state index contributed by atoms with van der Waals surface area (Å²) in [5.41, 5.74) is 0.150. The molecule has 0 radical (unpaired) electrons. The van der Waals surface area contributed by atoms with Crippen LogP contribution in [0.5, 0.6) is 0 Å². The third-order valence-electron chi connectivity index (χ3n) is 4.25. The van der Waals surface area contributed by atoms with E-state index in [1.807, 2.05) is 6.07 Å². The van der Waals surface area contributed by atoms with Crippen LogP contribution in [-0.4, -0.2) is 29.6 Å². The van der Waals surface area contributed by atoms with E-state index in [0.29, 0.717) is 10.9 Å². The second kappa shape index (κ2) is 6.93. The Bertz CT molecular complexity index is 469. The molecule has 0 aromatic carbocycles. The van der Waals surface area contributed by atoms with E-state index < -0.39 is 0 Å². The van der Waals surface area contributed by atoms with Crippen LogP contribution in [0.1, 0.15) is 67.4 Å². The molecule has 0 bridgehead atoms. The van der Waals surface area contributed by atoms with Crippen molar-refractivity contribution in [3.63, 3.8) is 0 Å². The Morgan fingerprint density at radius 2 is 1.95 bits per heavy atom. The third-order valence-corrected chi connectivity index (χ3v) is 5.30. The molecule has 0 aliphatic heterocycles. The Morgan fingerprint density at radius 3 is 2.52 bits per heavy atom. The van der Waals surface area contributed by atoms with Crippen molar-refractivity contribution in [2.24, 2.45) is 0 Å². The number of ether oxygens (including phenoxy) is 1. The maximum atomic E-state index is 11.6. The smallest absolute Gasteiger partial charge is 0.348 e. The van der Waals surface area contributed by atoms with Gasteiger partial charge in [-0.15, -0.1) is 11.3 Å². The average molecular weight is 309 g/mol. The van der Waals surface area contributed by atoms with Gasteiger partial charge in [0.2, 0.25) is 0 Å². The molecule has 1 aromatic heterocycles. The molecule has 0 amide bonds. The minimum Gasteiger partial charge on any atom is -0.465 e. The largest absolute Gasteiger partial charge is 0.465 e. The fraction of sp³-hybridized carbons (Fsp3) is 0.706. The molecule has 1 aliphatic carbocycles. The van der Waals surface area contributed by atoms with Crippen LogP contribution in [0, 0.1) is 0 Å². The summed E-state index contributed by atoms with van der Waals surface area (Å²) in [4.78, 5) is 16.1. The Balaban J connectivity index is 2.11. The minimum atomic E-state index is -0.230. The fourth-order valence-corrected chi connectivity index (χ4v) is 4.07. The number of hydrogen-bond acceptors (Lipinski definition) is 4. The summed E-state index contributed by atoms with van der Waals surface area (Å²) in [5, 5.41) is 0. The molecule has 0 N–H and O–H groups in total. The van der Waals surface area contributed by atoms with E-state index in [0.717, 1.165) is 6.54 Å². The van der Waals surface area contributed by atoms with Crippen LogP contribution in [-0.2, 0) is 11.3 Å². The van der Waals surface area contributed by atoms with Crippen molar-refractivity contribution >= 4 is 17.3 Å². The second-order valence-corrected chi connectivity index (χ2v) is 8.02. The zero-order valence-corrected chi connectivity index (χ0v) is 14.5. The Morgan fingerprint density at radius 1 is 1.29 bits per heavy atom. The van der Waals surface area contributed by atoms with Crippen LogP contribution in [0.15, 0.2) is 12.1 Å². The maximum absolute atomic E-state index is 11.6. The maximum Gasteiger partial charge on any atom is 0.348 e. The number of thiophene rings is 1. The summed E-state index contributed by atoms with van der Waals surface area (Å²) >= 11 is 1.56. The lowest BCUT2D eigenvalue weighted by Gasteiger charge is -2.43. The van der Waals surface area contributed by atoms with Gasteiger partial charge in [-0.1, -0.05) is 19.3 Å². The molecule has 1 aliphatic rings. The fourth-order valence-electron chi connectivity index (χ4n) is 3.15. The molecule has 1 aromatic rings. The van der Waals surface area contributed by atoms with Crippen LogP contribution in [0.25, 0.3) is 0 Å². The predicted octanol–water partition coefficient (Wildman–Crippen LogP) is 4.47. The molecule has 2 rings (SSSR count). The van der Waals surface area contributed by atoms with Crippen LogP contribution in [0.3, 0.4) is 0 Å². The number of esters is 1. The molecule has 3 nitrogen and oxygen atoms in total. The molecule has 118 valence electrons. The van der Waals surface area contributed by atoms with Gasteiger partial charge in [0, 0.05) is 23.0 Å². The SMILES string of the molecule is COC(=O)c1ccc(CN(C2CCCCC2)C(C)(C)C)s1. The van der Waals surface area contributed by atoms with E-state index in [9.17, 15) is 4.79 Å². The first-order chi connectivity index (χ1) is 9.91. The molecule has 0 saturated heterocycles. The zero-order chi connectivity index (χ0) is 15.5. The van der Waals surface area contributed by atoms with Gasteiger partial charge in [-0.05, 0) is 45.7 Å². The lowest BCUT2D eigenvalue weighted by molar-refractivity contribution is 0.0531. The summed E-state index contributed by atoms with van der Waals surface area (Å²) in [6.07, 6.45) is 6.66. The molecule has 1 heterocycles. The highest BCUT2D eigenvalue weighted by molar-refractivity contribution is 7.13. The van der Waals surface area contributed by atoms with Crippen molar-refractivity contribution in [2.75, 3.05) is 7.11 Å². The van der Waals surface area contributed by atoms with Crippen LogP contribution >= 0.6 is 11.3 Å². The van der Waals surface area contributed by atoms with Gasteiger partial charge in [0.1, 0.15) is 4.88 Å². The highest BCUT2D eigenvalue weighted by atomic mass is 32.1. The van der Waals surface area contributed by atoms with E-state index in [2.05, 4.69) is 31.7 Å². The number of carbonyl (C=O) groups excluding carboxylic acids is 1. The van der Waals surface area contributed by atoms with E-state index >= 15 is 0 Å². The lowest BCUT2D eigenvalue weighted by Crippen LogP contribution is -2.48. The van der Waals surface area contributed by atoms with E-state index in [1.165, 1.54) is 44.1 Å². The van der Waals surface area contributed by atoms with Crippen molar-refractivity contribution in [1.82, 2.24) is 4.90 Å². The number of carbonyl (C=O) groups is 1. The number of methoxy groups -OCH3 is 1. The number of nitrogens with zero attached hydrogens (tertiary/aromatic N) is 1. The molecule has 0 atom stereocenters. The summed E-state index contributed by atoms with van der Waals surface area (Å²) in [6.45, 7) is 7.79. The van der Waals surface area contributed by atoms with Gasteiger partial charge in [0.25, 0.3) is 0 Å². The highest BCUT2D eigenvalue weighted by Crippen LogP contribution is 2.31.